The second-order valence-electron chi connectivity index (χ2n) is 9.22. The highest BCUT2D eigenvalue weighted by molar-refractivity contribution is 5.94. The van der Waals surface area contributed by atoms with E-state index in [0.29, 0.717) is 5.92 Å². The first-order valence-corrected chi connectivity index (χ1v) is 11.9. The molecule has 1 amide bonds. The van der Waals surface area contributed by atoms with Crippen molar-refractivity contribution in [3.05, 3.63) is 58.7 Å². The number of rotatable bonds is 4. The number of carbonyl (C=O) groups is 1. The molecule has 3 aliphatic rings. The molecule has 2 aliphatic heterocycles. The van der Waals surface area contributed by atoms with Crippen LogP contribution in [-0.2, 0) is 0 Å². The predicted molar refractivity (Wildman–Crippen MR) is 126 cm³/mol. The molecule has 5 nitrogen and oxygen atoms in total. The molecule has 1 saturated heterocycles. The first-order valence-electron chi connectivity index (χ1n) is 11.9. The monoisotopic (exact) mass is 432 g/mol. The van der Waals surface area contributed by atoms with Crippen molar-refractivity contribution in [1.82, 2.24) is 4.90 Å². The zero-order valence-electron chi connectivity index (χ0n) is 19.0. The summed E-state index contributed by atoms with van der Waals surface area (Å²) in [5.41, 5.74) is 4.45. The Balaban J connectivity index is 1.50. The van der Waals surface area contributed by atoms with Crippen molar-refractivity contribution in [1.29, 1.82) is 0 Å². The number of piperidine rings is 1. The molecule has 2 aromatic carbocycles. The molecule has 2 aromatic rings. The van der Waals surface area contributed by atoms with Gasteiger partial charge in [-0.05, 0) is 79.0 Å². The minimum Gasteiger partial charge on any atom is -0.493 e. The number of methoxy groups -OCH3 is 2. The normalized spacial score (nSPS) is 24.4. The molecule has 2 fully saturated rings. The summed E-state index contributed by atoms with van der Waals surface area (Å²) < 4.78 is 11.1. The second kappa shape index (κ2) is 8.97. The highest BCUT2D eigenvalue weighted by atomic mass is 16.5. The van der Waals surface area contributed by atoms with Gasteiger partial charge in [0.25, 0.3) is 5.91 Å². The van der Waals surface area contributed by atoms with Gasteiger partial charge in [-0.1, -0.05) is 18.6 Å². The number of hydrogen-bond acceptors (Lipinski definition) is 4. The van der Waals surface area contributed by atoms with E-state index in [4.69, 9.17) is 14.5 Å². The molecule has 2 heterocycles. The van der Waals surface area contributed by atoms with Gasteiger partial charge in [0.15, 0.2) is 11.5 Å². The fourth-order valence-electron chi connectivity index (χ4n) is 5.81. The Kier molecular flexibility index (Phi) is 5.90. The number of amides is 1. The summed E-state index contributed by atoms with van der Waals surface area (Å²) in [6.45, 7) is 1.75. The number of nitrogens with zero attached hydrogens (tertiary/aromatic N) is 2. The molecule has 0 spiro atoms. The topological polar surface area (TPSA) is 51.1 Å². The molecule has 3 atom stereocenters. The Labute approximate surface area is 190 Å². The molecule has 0 aromatic heterocycles. The quantitative estimate of drug-likeness (QED) is 0.669. The van der Waals surface area contributed by atoms with E-state index in [9.17, 15) is 4.79 Å². The van der Waals surface area contributed by atoms with E-state index >= 15 is 0 Å². The minimum absolute atomic E-state index is 0.174. The van der Waals surface area contributed by atoms with Crippen LogP contribution in [0.4, 0.5) is 0 Å². The first kappa shape index (κ1) is 21.0. The summed E-state index contributed by atoms with van der Waals surface area (Å²) in [5.74, 6) is 2.28. The predicted octanol–water partition coefficient (Wildman–Crippen LogP) is 5.18. The van der Waals surface area contributed by atoms with Crippen molar-refractivity contribution in [2.45, 2.75) is 56.4 Å². The van der Waals surface area contributed by atoms with Crippen LogP contribution in [0.3, 0.4) is 0 Å². The van der Waals surface area contributed by atoms with Crippen LogP contribution in [0.1, 0.15) is 77.4 Å². The van der Waals surface area contributed by atoms with Gasteiger partial charge in [-0.2, -0.15) is 0 Å². The number of carbonyl (C=O) groups excluding carboxylic acids is 1. The molecule has 168 valence electrons. The van der Waals surface area contributed by atoms with E-state index in [1.165, 1.54) is 17.5 Å². The third-order valence-corrected chi connectivity index (χ3v) is 7.42. The number of likely N-dealkylation sites (tertiary alicyclic amines) is 1. The zero-order chi connectivity index (χ0) is 22.1. The average molecular weight is 433 g/mol. The largest absolute Gasteiger partial charge is 0.493 e. The van der Waals surface area contributed by atoms with Crippen LogP contribution in [0.2, 0.25) is 0 Å². The van der Waals surface area contributed by atoms with E-state index < -0.39 is 0 Å². The highest BCUT2D eigenvalue weighted by Gasteiger charge is 2.38. The van der Waals surface area contributed by atoms with Crippen LogP contribution < -0.4 is 9.47 Å². The maximum absolute atomic E-state index is 13.1. The Morgan fingerprint density at radius 3 is 2.53 bits per heavy atom. The summed E-state index contributed by atoms with van der Waals surface area (Å²) >= 11 is 0. The van der Waals surface area contributed by atoms with Crippen molar-refractivity contribution in [2.24, 2.45) is 4.99 Å². The van der Waals surface area contributed by atoms with Crippen molar-refractivity contribution in [2.75, 3.05) is 27.3 Å². The van der Waals surface area contributed by atoms with E-state index in [2.05, 4.69) is 24.3 Å². The molecule has 0 N–H and O–H groups in total. The smallest absolute Gasteiger partial charge is 0.253 e. The molecule has 0 bridgehead atoms. The molecule has 32 heavy (non-hydrogen) atoms. The summed E-state index contributed by atoms with van der Waals surface area (Å²) in [6, 6.07) is 12.8. The average Bonchev–Trinajstić information content (AvgIpc) is 2.87. The third kappa shape index (κ3) is 3.78. The van der Waals surface area contributed by atoms with Crippen molar-refractivity contribution >= 4 is 12.1 Å². The molecular weight excluding hydrogens is 400 g/mol. The van der Waals surface area contributed by atoms with Gasteiger partial charge in [-0.3, -0.25) is 9.79 Å². The summed E-state index contributed by atoms with van der Waals surface area (Å²) in [7, 11) is 3.36. The summed E-state index contributed by atoms with van der Waals surface area (Å²) in [5, 5.41) is 0. The lowest BCUT2D eigenvalue weighted by Gasteiger charge is -2.40. The number of aliphatic imine (C=N–C) groups is 1. The van der Waals surface area contributed by atoms with Crippen LogP contribution in [0, 0.1) is 0 Å². The standard InChI is InChI=1S/C27H32N2O3/c1-31-24-15-20-17-28-23-11-7-10-21(26(23)22(20)16-25(24)32-2)18-8-6-9-19(14-18)27(30)29-12-4-3-5-13-29/h6,8-9,14-17,21,23,26H,3-5,7,10-13H2,1-2H3/t21-,23+,26?/m1/s1. The molecular formula is C27H32N2O3. The number of benzene rings is 2. The number of fused-ring (bicyclic) bond motifs is 3. The van der Waals surface area contributed by atoms with E-state index in [1.807, 2.05) is 23.2 Å². The second-order valence-corrected chi connectivity index (χ2v) is 9.22. The van der Waals surface area contributed by atoms with Crippen LogP contribution in [-0.4, -0.2) is 50.4 Å². The third-order valence-electron chi connectivity index (χ3n) is 7.42. The van der Waals surface area contributed by atoms with Gasteiger partial charge in [0.2, 0.25) is 0 Å². The SMILES string of the molecule is COc1cc2c(cc1OC)C1[C@H](CCC[C@@H]1c1cccc(C(=O)N3CCCCC3)c1)N=C2. The van der Waals surface area contributed by atoms with Crippen LogP contribution in [0.15, 0.2) is 41.4 Å². The fraction of sp³-hybridized carbons (Fsp3) is 0.481. The van der Waals surface area contributed by atoms with Gasteiger partial charge in [-0.15, -0.1) is 0 Å². The van der Waals surface area contributed by atoms with Gasteiger partial charge in [0.1, 0.15) is 0 Å². The zero-order valence-corrected chi connectivity index (χ0v) is 19.0. The van der Waals surface area contributed by atoms with Crippen LogP contribution >= 0.6 is 0 Å². The lowest BCUT2D eigenvalue weighted by molar-refractivity contribution is 0.0724. The highest BCUT2D eigenvalue weighted by Crippen LogP contribution is 2.49. The van der Waals surface area contributed by atoms with Crippen molar-refractivity contribution in [3.8, 4) is 11.5 Å². The van der Waals surface area contributed by atoms with Gasteiger partial charge in [-0.25, -0.2) is 0 Å². The maximum Gasteiger partial charge on any atom is 0.253 e. The van der Waals surface area contributed by atoms with Gasteiger partial charge < -0.3 is 14.4 Å². The Hall–Kier alpha value is -2.82. The number of ether oxygens (including phenoxy) is 2. The summed E-state index contributed by atoms with van der Waals surface area (Å²) in [6.07, 6.45) is 8.79. The van der Waals surface area contributed by atoms with Crippen LogP contribution in [0.25, 0.3) is 0 Å². The van der Waals surface area contributed by atoms with Crippen molar-refractivity contribution in [3.63, 3.8) is 0 Å². The Bertz CT molecular complexity index is 1030. The molecule has 1 unspecified atom stereocenters. The Morgan fingerprint density at radius 1 is 0.969 bits per heavy atom. The fourth-order valence-corrected chi connectivity index (χ4v) is 5.81. The lowest BCUT2D eigenvalue weighted by Crippen LogP contribution is -2.35. The first-order chi connectivity index (χ1) is 15.7. The molecule has 5 rings (SSSR count). The van der Waals surface area contributed by atoms with Gasteiger partial charge in [0, 0.05) is 30.8 Å². The van der Waals surface area contributed by atoms with Crippen LogP contribution in [0.5, 0.6) is 11.5 Å². The maximum atomic E-state index is 13.1. The molecule has 1 saturated carbocycles. The Morgan fingerprint density at radius 2 is 1.75 bits per heavy atom. The minimum atomic E-state index is 0.174. The van der Waals surface area contributed by atoms with E-state index in [0.717, 1.165) is 67.8 Å². The van der Waals surface area contributed by atoms with Gasteiger partial charge in [0.05, 0.1) is 20.3 Å². The van der Waals surface area contributed by atoms with Gasteiger partial charge >= 0.3 is 0 Å². The molecule has 1 aliphatic carbocycles. The van der Waals surface area contributed by atoms with E-state index in [-0.39, 0.29) is 17.9 Å². The summed E-state index contributed by atoms with van der Waals surface area (Å²) in [4.78, 5) is 20.1. The molecule has 5 heteroatoms. The van der Waals surface area contributed by atoms with Crippen molar-refractivity contribution < 1.29 is 14.3 Å². The number of hydrogen-bond donors (Lipinski definition) is 0. The lowest BCUT2D eigenvalue weighted by atomic mass is 9.67. The molecule has 0 radical (unpaired) electrons. The van der Waals surface area contributed by atoms with E-state index in [1.54, 1.807) is 14.2 Å².